The van der Waals surface area contributed by atoms with E-state index in [2.05, 4.69) is 5.32 Å². The van der Waals surface area contributed by atoms with Crippen LogP contribution < -0.4 is 10.2 Å². The van der Waals surface area contributed by atoms with Gasteiger partial charge in [-0.3, -0.25) is 19.3 Å². The van der Waals surface area contributed by atoms with E-state index >= 15 is 0 Å². The van der Waals surface area contributed by atoms with E-state index in [4.69, 9.17) is 4.74 Å². The maximum absolute atomic E-state index is 13.0. The molecular weight excluding hydrogens is 369 g/mol. The van der Waals surface area contributed by atoms with Crippen molar-refractivity contribution in [3.05, 3.63) is 30.1 Å². The first-order valence-electron chi connectivity index (χ1n) is 9.13. The maximum Gasteiger partial charge on any atom is 0.326 e. The van der Waals surface area contributed by atoms with Crippen molar-refractivity contribution in [1.29, 1.82) is 0 Å². The molecule has 4 amide bonds. The molecule has 0 spiro atoms. The van der Waals surface area contributed by atoms with Crippen LogP contribution >= 0.6 is 0 Å². The van der Waals surface area contributed by atoms with Gasteiger partial charge in [-0.2, -0.15) is 0 Å². The van der Waals surface area contributed by atoms with E-state index in [1.165, 1.54) is 29.2 Å². The Morgan fingerprint density at radius 1 is 1.14 bits per heavy atom. The van der Waals surface area contributed by atoms with Crippen LogP contribution in [0.2, 0.25) is 0 Å². The Labute approximate surface area is 162 Å². The largest absolute Gasteiger partial charge is 0.454 e. The van der Waals surface area contributed by atoms with Gasteiger partial charge in [-0.25, -0.2) is 9.18 Å². The molecule has 0 unspecified atom stereocenters. The van der Waals surface area contributed by atoms with E-state index < -0.39 is 48.3 Å². The molecule has 2 rings (SSSR count). The monoisotopic (exact) mass is 393 g/mol. The van der Waals surface area contributed by atoms with Crippen LogP contribution in [0.3, 0.4) is 0 Å². The predicted octanol–water partition coefficient (Wildman–Crippen LogP) is 1.83. The second-order valence-electron chi connectivity index (χ2n) is 6.39. The van der Waals surface area contributed by atoms with Crippen LogP contribution in [0.15, 0.2) is 24.3 Å². The van der Waals surface area contributed by atoms with Crippen molar-refractivity contribution in [2.75, 3.05) is 24.6 Å². The molecule has 0 aromatic heterocycles. The van der Waals surface area contributed by atoms with Gasteiger partial charge in [0.05, 0.1) is 0 Å². The van der Waals surface area contributed by atoms with E-state index in [0.29, 0.717) is 25.1 Å². The molecule has 0 atom stereocenters. The number of amides is 4. The Morgan fingerprint density at radius 3 is 2.25 bits per heavy atom. The fraction of sp³-hybridized carbons (Fsp3) is 0.474. The lowest BCUT2D eigenvalue weighted by Crippen LogP contribution is -2.46. The van der Waals surface area contributed by atoms with Crippen molar-refractivity contribution < 1.29 is 28.3 Å². The summed E-state index contributed by atoms with van der Waals surface area (Å²) in [5, 5.41) is 2.61. The number of carbonyl (C=O) groups is 4. The maximum atomic E-state index is 13.0. The van der Waals surface area contributed by atoms with Gasteiger partial charge in [-0.1, -0.05) is 13.8 Å². The highest BCUT2D eigenvalue weighted by Crippen LogP contribution is 2.24. The van der Waals surface area contributed by atoms with E-state index in [0.717, 1.165) is 4.90 Å². The second kappa shape index (κ2) is 8.81. The van der Waals surface area contributed by atoms with Gasteiger partial charge in [0, 0.05) is 12.2 Å². The zero-order valence-electron chi connectivity index (χ0n) is 16.2. The van der Waals surface area contributed by atoms with E-state index in [9.17, 15) is 23.6 Å². The normalized spacial score (nSPS) is 15.4. The number of imide groups is 1. The van der Waals surface area contributed by atoms with Crippen LogP contribution in [-0.2, 0) is 19.1 Å². The van der Waals surface area contributed by atoms with Crippen molar-refractivity contribution in [3.8, 4) is 0 Å². The minimum atomic E-state index is -1.01. The molecule has 9 heteroatoms. The standard InChI is InChI=1S/C19H24FN3O5/c1-4-19(5-2)17(26)23(18(27)21-19)11-16(25)28-12-15(24)22(6-3)14-9-7-13(20)8-10-14/h7-10H,4-6,11-12H2,1-3H3,(H,21,27). The molecule has 28 heavy (non-hydrogen) atoms. The third-order valence-electron chi connectivity index (χ3n) is 4.85. The number of ether oxygens (including phenoxy) is 1. The molecular formula is C19H24FN3O5. The van der Waals surface area contributed by atoms with Gasteiger partial charge in [0.15, 0.2) is 6.61 Å². The SMILES string of the molecule is CCN(C(=O)COC(=O)CN1C(=O)NC(CC)(CC)C1=O)c1ccc(F)cc1. The summed E-state index contributed by atoms with van der Waals surface area (Å²) in [5.41, 5.74) is -0.538. The first-order chi connectivity index (χ1) is 13.3. The summed E-state index contributed by atoms with van der Waals surface area (Å²) in [6, 6.07) is 4.69. The molecule has 1 aliphatic rings. The molecule has 1 aromatic rings. The Morgan fingerprint density at radius 2 is 1.75 bits per heavy atom. The van der Waals surface area contributed by atoms with Crippen LogP contribution in [0.5, 0.6) is 0 Å². The number of nitrogens with zero attached hydrogens (tertiary/aromatic N) is 2. The van der Waals surface area contributed by atoms with Gasteiger partial charge in [-0.15, -0.1) is 0 Å². The Hall–Kier alpha value is -2.97. The number of rotatable bonds is 8. The third kappa shape index (κ3) is 4.29. The second-order valence-corrected chi connectivity index (χ2v) is 6.39. The quantitative estimate of drug-likeness (QED) is 0.537. The predicted molar refractivity (Wildman–Crippen MR) is 98.9 cm³/mol. The zero-order chi connectivity index (χ0) is 20.9. The highest BCUT2D eigenvalue weighted by atomic mass is 19.1. The van der Waals surface area contributed by atoms with Crippen molar-refractivity contribution >= 4 is 29.5 Å². The number of urea groups is 1. The molecule has 1 aliphatic heterocycles. The smallest absolute Gasteiger partial charge is 0.326 e. The number of anilines is 1. The highest BCUT2D eigenvalue weighted by Gasteiger charge is 2.49. The summed E-state index contributed by atoms with van der Waals surface area (Å²) in [6.07, 6.45) is 0.808. The average molecular weight is 393 g/mol. The summed E-state index contributed by atoms with van der Waals surface area (Å²) in [5.74, 6) is -2.28. The first kappa shape index (κ1) is 21.3. The summed E-state index contributed by atoms with van der Waals surface area (Å²) < 4.78 is 18.0. The lowest BCUT2D eigenvalue weighted by molar-refractivity contribution is -0.150. The number of esters is 1. The van der Waals surface area contributed by atoms with Gasteiger partial charge in [0.2, 0.25) is 0 Å². The molecule has 0 saturated carbocycles. The minimum Gasteiger partial charge on any atom is -0.454 e. The highest BCUT2D eigenvalue weighted by molar-refractivity contribution is 6.08. The fourth-order valence-corrected chi connectivity index (χ4v) is 3.07. The number of likely N-dealkylation sites (N-methyl/N-ethyl adjacent to an activating group) is 1. The molecule has 152 valence electrons. The van der Waals surface area contributed by atoms with Crippen molar-refractivity contribution in [1.82, 2.24) is 10.2 Å². The molecule has 0 aliphatic carbocycles. The van der Waals surface area contributed by atoms with Crippen molar-refractivity contribution in [2.45, 2.75) is 39.2 Å². The molecule has 8 nitrogen and oxygen atoms in total. The number of nitrogens with one attached hydrogen (secondary N) is 1. The Kier molecular flexibility index (Phi) is 6.71. The van der Waals surface area contributed by atoms with Crippen LogP contribution in [0.25, 0.3) is 0 Å². The molecule has 0 radical (unpaired) electrons. The average Bonchev–Trinajstić information content (AvgIpc) is 2.93. The van der Waals surface area contributed by atoms with Crippen molar-refractivity contribution in [3.63, 3.8) is 0 Å². The Bertz CT molecular complexity index is 761. The molecule has 1 saturated heterocycles. The van der Waals surface area contributed by atoms with E-state index in [1.54, 1.807) is 20.8 Å². The molecule has 1 aromatic carbocycles. The number of benzene rings is 1. The molecule has 1 fully saturated rings. The minimum absolute atomic E-state index is 0.296. The topological polar surface area (TPSA) is 96.0 Å². The van der Waals surface area contributed by atoms with E-state index in [-0.39, 0.29) is 0 Å². The number of hydrogen-bond donors (Lipinski definition) is 1. The van der Waals surface area contributed by atoms with Gasteiger partial charge in [0.25, 0.3) is 11.8 Å². The summed E-state index contributed by atoms with van der Waals surface area (Å²) in [4.78, 5) is 51.0. The summed E-state index contributed by atoms with van der Waals surface area (Å²) in [7, 11) is 0. The van der Waals surface area contributed by atoms with Gasteiger partial charge in [-0.05, 0) is 44.0 Å². The van der Waals surface area contributed by atoms with Crippen molar-refractivity contribution in [2.24, 2.45) is 0 Å². The third-order valence-corrected chi connectivity index (χ3v) is 4.85. The summed E-state index contributed by atoms with van der Waals surface area (Å²) in [6.45, 7) is 4.45. The van der Waals surface area contributed by atoms with Crippen LogP contribution in [0.4, 0.5) is 14.9 Å². The molecule has 1 N–H and O–H groups in total. The number of hydrogen-bond acceptors (Lipinski definition) is 5. The summed E-state index contributed by atoms with van der Waals surface area (Å²) >= 11 is 0. The lowest BCUT2D eigenvalue weighted by atomic mass is 9.93. The zero-order valence-corrected chi connectivity index (χ0v) is 16.2. The number of halogens is 1. The van der Waals surface area contributed by atoms with Crippen LogP contribution in [-0.4, -0.2) is 54.0 Å². The molecule has 0 bridgehead atoms. The number of carbonyl (C=O) groups excluding carboxylic acids is 4. The lowest BCUT2D eigenvalue weighted by Gasteiger charge is -2.23. The van der Waals surface area contributed by atoms with Gasteiger partial charge < -0.3 is 15.0 Å². The molecule has 1 heterocycles. The van der Waals surface area contributed by atoms with Crippen LogP contribution in [0.1, 0.15) is 33.6 Å². The fourth-order valence-electron chi connectivity index (χ4n) is 3.07. The van der Waals surface area contributed by atoms with Gasteiger partial charge >= 0.3 is 12.0 Å². The first-order valence-corrected chi connectivity index (χ1v) is 9.13. The van der Waals surface area contributed by atoms with Crippen LogP contribution in [0, 0.1) is 5.82 Å². The Balaban J connectivity index is 1.94. The van der Waals surface area contributed by atoms with Gasteiger partial charge in [0.1, 0.15) is 17.9 Å². The van der Waals surface area contributed by atoms with E-state index in [1.807, 2.05) is 0 Å².